The molecule has 0 rings (SSSR count). The lowest BCUT2D eigenvalue weighted by Crippen LogP contribution is -2.51. The average molecular weight is 218 g/mol. The number of nitrogens with zero attached hydrogens (tertiary/aromatic N) is 1. The molecule has 0 bridgehead atoms. The number of hydrogen-bond acceptors (Lipinski definition) is 4. The lowest BCUT2D eigenvalue weighted by Gasteiger charge is -2.33. The Labute approximate surface area is 93.4 Å². The van der Waals surface area contributed by atoms with Crippen molar-refractivity contribution in [1.82, 2.24) is 4.90 Å². The molecule has 0 aliphatic carbocycles. The summed E-state index contributed by atoms with van der Waals surface area (Å²) in [6, 6.07) is 0.0204. The van der Waals surface area contributed by atoms with E-state index in [4.69, 9.17) is 10.5 Å². The van der Waals surface area contributed by atoms with Crippen molar-refractivity contribution in [1.29, 1.82) is 0 Å². The summed E-state index contributed by atoms with van der Waals surface area (Å²) in [5.74, 6) is 0.372. The van der Waals surface area contributed by atoms with Crippen molar-refractivity contribution in [3.63, 3.8) is 0 Å². The van der Waals surface area contributed by atoms with Gasteiger partial charge in [-0.3, -0.25) is 4.90 Å². The van der Waals surface area contributed by atoms with Gasteiger partial charge < -0.3 is 15.6 Å². The normalized spacial score (nSPS) is 16.0. The third kappa shape index (κ3) is 5.47. The highest BCUT2D eigenvalue weighted by molar-refractivity contribution is 4.82. The van der Waals surface area contributed by atoms with E-state index in [0.29, 0.717) is 12.5 Å². The van der Waals surface area contributed by atoms with E-state index in [1.165, 1.54) is 0 Å². The smallest absolute Gasteiger partial charge is 0.0601 e. The summed E-state index contributed by atoms with van der Waals surface area (Å²) in [6.45, 7) is 8.44. The van der Waals surface area contributed by atoms with Crippen LogP contribution in [0.4, 0.5) is 0 Å². The molecule has 0 aliphatic heterocycles. The zero-order valence-electron chi connectivity index (χ0n) is 10.4. The van der Waals surface area contributed by atoms with Crippen LogP contribution in [0.2, 0.25) is 0 Å². The molecule has 0 spiro atoms. The number of aliphatic hydroxyl groups excluding tert-OH is 1. The highest BCUT2D eigenvalue weighted by Gasteiger charge is 2.23. The summed E-state index contributed by atoms with van der Waals surface area (Å²) >= 11 is 0. The molecule has 2 atom stereocenters. The minimum absolute atomic E-state index is 0.00151. The molecule has 0 saturated carbocycles. The van der Waals surface area contributed by atoms with Gasteiger partial charge in [-0.1, -0.05) is 13.8 Å². The van der Waals surface area contributed by atoms with Gasteiger partial charge in [-0.2, -0.15) is 0 Å². The van der Waals surface area contributed by atoms with E-state index in [9.17, 15) is 5.11 Å². The van der Waals surface area contributed by atoms with Crippen molar-refractivity contribution in [3.8, 4) is 0 Å². The van der Waals surface area contributed by atoms with E-state index in [0.717, 1.165) is 13.2 Å². The largest absolute Gasteiger partial charge is 0.395 e. The van der Waals surface area contributed by atoms with Gasteiger partial charge in [0, 0.05) is 25.2 Å². The molecule has 0 fully saturated rings. The van der Waals surface area contributed by atoms with Crippen LogP contribution in [0.25, 0.3) is 0 Å². The number of nitrogens with two attached hydrogens (primary N) is 1. The molecule has 0 heterocycles. The molecule has 0 aromatic rings. The molecule has 15 heavy (non-hydrogen) atoms. The Hall–Kier alpha value is -0.160. The number of hydrogen-bond donors (Lipinski definition) is 2. The molecular formula is C11H26N2O2. The molecule has 0 radical (unpaired) electrons. The second kappa shape index (κ2) is 8.05. The maximum Gasteiger partial charge on any atom is 0.0601 e. The van der Waals surface area contributed by atoms with E-state index in [2.05, 4.69) is 18.7 Å². The first-order valence-corrected chi connectivity index (χ1v) is 5.69. The predicted octanol–water partition coefficient (Wildman–Crippen LogP) is 0.299. The van der Waals surface area contributed by atoms with Crippen LogP contribution in [-0.4, -0.2) is 55.5 Å². The summed E-state index contributed by atoms with van der Waals surface area (Å²) in [5.41, 5.74) is 6.03. The van der Waals surface area contributed by atoms with Gasteiger partial charge in [0.05, 0.1) is 13.2 Å². The Morgan fingerprint density at radius 2 is 2.00 bits per heavy atom. The minimum atomic E-state index is 0.00151. The molecule has 2 unspecified atom stereocenters. The lowest BCUT2D eigenvalue weighted by molar-refractivity contribution is 0.0710. The van der Waals surface area contributed by atoms with Gasteiger partial charge in [-0.25, -0.2) is 0 Å². The predicted molar refractivity (Wildman–Crippen MR) is 62.8 cm³/mol. The van der Waals surface area contributed by atoms with Crippen LogP contribution < -0.4 is 5.73 Å². The minimum Gasteiger partial charge on any atom is -0.395 e. The first-order valence-electron chi connectivity index (χ1n) is 5.69. The van der Waals surface area contributed by atoms with Crippen molar-refractivity contribution < 1.29 is 9.84 Å². The first-order chi connectivity index (χ1) is 7.04. The van der Waals surface area contributed by atoms with Gasteiger partial charge in [0.15, 0.2) is 0 Å². The molecule has 0 aromatic heterocycles. The molecule has 0 amide bonds. The van der Waals surface area contributed by atoms with E-state index < -0.39 is 0 Å². The molecule has 0 saturated heterocycles. The summed E-state index contributed by atoms with van der Waals surface area (Å²) < 4.78 is 5.27. The van der Waals surface area contributed by atoms with Gasteiger partial charge in [-0.05, 0) is 19.9 Å². The molecule has 4 heteroatoms. The van der Waals surface area contributed by atoms with Crippen LogP contribution >= 0.6 is 0 Å². The van der Waals surface area contributed by atoms with E-state index in [1.807, 2.05) is 14.0 Å². The van der Waals surface area contributed by atoms with Crippen LogP contribution in [0.5, 0.6) is 0 Å². The highest BCUT2D eigenvalue weighted by atomic mass is 16.5. The van der Waals surface area contributed by atoms with Crippen LogP contribution in [-0.2, 0) is 4.74 Å². The van der Waals surface area contributed by atoms with Crippen molar-refractivity contribution in [2.75, 3.05) is 33.4 Å². The van der Waals surface area contributed by atoms with Gasteiger partial charge >= 0.3 is 0 Å². The summed E-state index contributed by atoms with van der Waals surface area (Å²) in [7, 11) is 1.97. The second-order valence-corrected chi connectivity index (χ2v) is 4.25. The number of ether oxygens (including phenoxy) is 1. The van der Waals surface area contributed by atoms with Gasteiger partial charge in [0.2, 0.25) is 0 Å². The molecule has 4 nitrogen and oxygen atoms in total. The van der Waals surface area contributed by atoms with Crippen molar-refractivity contribution in [2.24, 2.45) is 11.7 Å². The molecular weight excluding hydrogens is 192 g/mol. The molecule has 0 aromatic carbocycles. The molecule has 3 N–H and O–H groups in total. The lowest BCUT2D eigenvalue weighted by atomic mass is 9.97. The maximum atomic E-state index is 9.31. The third-order valence-corrected chi connectivity index (χ3v) is 2.76. The Morgan fingerprint density at radius 3 is 2.40 bits per heavy atom. The molecule has 0 aliphatic rings. The van der Waals surface area contributed by atoms with Gasteiger partial charge in [0.25, 0.3) is 0 Å². The Balaban J connectivity index is 4.03. The van der Waals surface area contributed by atoms with Crippen LogP contribution in [0.15, 0.2) is 0 Å². The number of aliphatic hydroxyl groups is 1. The average Bonchev–Trinajstić information content (AvgIpc) is 2.19. The quantitative estimate of drug-likeness (QED) is 0.575. The fraction of sp³-hybridized carbons (Fsp3) is 1.00. The monoisotopic (exact) mass is 218 g/mol. The van der Waals surface area contributed by atoms with E-state index in [1.54, 1.807) is 0 Å². The van der Waals surface area contributed by atoms with Gasteiger partial charge in [-0.15, -0.1) is 0 Å². The fourth-order valence-electron chi connectivity index (χ4n) is 1.52. The van der Waals surface area contributed by atoms with Gasteiger partial charge in [0.1, 0.15) is 0 Å². The Kier molecular flexibility index (Phi) is 7.96. The Morgan fingerprint density at radius 1 is 1.40 bits per heavy atom. The standard InChI is InChI=1S/C11H26N2O2/c1-5-15-7-6-13(4)10(8-14)11(12)9(2)3/h9-11,14H,5-8,12H2,1-4H3. The fourth-order valence-corrected chi connectivity index (χ4v) is 1.52. The maximum absolute atomic E-state index is 9.31. The van der Waals surface area contributed by atoms with Crippen LogP contribution in [0.3, 0.4) is 0 Å². The van der Waals surface area contributed by atoms with Crippen LogP contribution in [0, 0.1) is 5.92 Å². The Bertz CT molecular complexity index is 154. The highest BCUT2D eigenvalue weighted by Crippen LogP contribution is 2.08. The number of rotatable bonds is 8. The van der Waals surface area contributed by atoms with E-state index >= 15 is 0 Å². The SMILES string of the molecule is CCOCCN(C)C(CO)C(N)C(C)C. The first kappa shape index (κ1) is 14.8. The summed E-state index contributed by atoms with van der Waals surface area (Å²) in [4.78, 5) is 2.07. The molecule has 92 valence electrons. The summed E-state index contributed by atoms with van der Waals surface area (Å²) in [6.07, 6.45) is 0. The van der Waals surface area contributed by atoms with Crippen molar-refractivity contribution >= 4 is 0 Å². The number of likely N-dealkylation sites (N-methyl/N-ethyl adjacent to an activating group) is 1. The topological polar surface area (TPSA) is 58.7 Å². The zero-order valence-corrected chi connectivity index (χ0v) is 10.4. The second-order valence-electron chi connectivity index (χ2n) is 4.25. The van der Waals surface area contributed by atoms with Crippen molar-refractivity contribution in [3.05, 3.63) is 0 Å². The van der Waals surface area contributed by atoms with Crippen LogP contribution in [0.1, 0.15) is 20.8 Å². The van der Waals surface area contributed by atoms with Crippen molar-refractivity contribution in [2.45, 2.75) is 32.9 Å². The third-order valence-electron chi connectivity index (χ3n) is 2.76. The summed E-state index contributed by atoms with van der Waals surface area (Å²) in [5, 5.41) is 9.31. The van der Waals surface area contributed by atoms with E-state index in [-0.39, 0.29) is 18.7 Å². The zero-order chi connectivity index (χ0) is 11.8.